The first-order valence-corrected chi connectivity index (χ1v) is 15.6. The van der Waals surface area contributed by atoms with Crippen LogP contribution in [0.1, 0.15) is 101 Å². The first-order chi connectivity index (χ1) is 18.8. The van der Waals surface area contributed by atoms with E-state index < -0.39 is 6.04 Å². The summed E-state index contributed by atoms with van der Waals surface area (Å²) in [7, 11) is 0. The number of amides is 2. The molecule has 2 N–H and O–H groups in total. The molecule has 1 unspecified atom stereocenters. The molecule has 0 aliphatic heterocycles. The number of nitrogens with zero attached hydrogens (tertiary/aromatic N) is 3. The first kappa shape index (κ1) is 30.8. The molecule has 39 heavy (non-hydrogen) atoms. The third-order valence-electron chi connectivity index (χ3n) is 7.67. The fourth-order valence-electron chi connectivity index (χ4n) is 5.22. The number of thiophene rings is 1. The van der Waals surface area contributed by atoms with E-state index in [0.717, 1.165) is 68.6 Å². The Morgan fingerprint density at radius 2 is 1.77 bits per heavy atom. The van der Waals surface area contributed by atoms with Crippen LogP contribution in [0.25, 0.3) is 11.0 Å². The van der Waals surface area contributed by atoms with Gasteiger partial charge in [0.2, 0.25) is 5.91 Å². The van der Waals surface area contributed by atoms with Crippen molar-refractivity contribution in [1.29, 1.82) is 0 Å². The van der Waals surface area contributed by atoms with Crippen molar-refractivity contribution >= 4 is 34.2 Å². The van der Waals surface area contributed by atoms with Gasteiger partial charge in [-0.25, -0.2) is 4.98 Å². The standard InChI is InChI=1S/C31H47N5O2S/c1-7-24(8-2)36-28-17-16-23(20-27(28)33-29(36)21-25-15-13-19-39-25)30(37)34-26(9-3)31(38)32-22(6)14-12-18-35(10-4)11-5/h13,15-17,19-20,22,24,26H,7-12,14,18,21H2,1-6H3,(H,32,38)(H,34,37)/t22?,26-/m0/s1. The number of fused-ring (bicyclic) bond motifs is 1. The molecule has 0 aliphatic carbocycles. The number of imidazole rings is 1. The Hall–Kier alpha value is -2.71. The summed E-state index contributed by atoms with van der Waals surface area (Å²) < 4.78 is 2.35. The van der Waals surface area contributed by atoms with E-state index in [1.807, 2.05) is 32.0 Å². The Kier molecular flexibility index (Phi) is 12.0. The van der Waals surface area contributed by atoms with Gasteiger partial charge in [-0.05, 0) is 88.3 Å². The van der Waals surface area contributed by atoms with Crippen LogP contribution in [0.2, 0.25) is 0 Å². The summed E-state index contributed by atoms with van der Waals surface area (Å²) in [5.74, 6) is 0.656. The fraction of sp³-hybridized carbons (Fsp3) is 0.581. The molecule has 2 aromatic heterocycles. The van der Waals surface area contributed by atoms with Crippen LogP contribution in [0.4, 0.5) is 0 Å². The van der Waals surface area contributed by atoms with Crippen molar-refractivity contribution in [3.8, 4) is 0 Å². The van der Waals surface area contributed by atoms with Crippen molar-refractivity contribution in [3.63, 3.8) is 0 Å². The van der Waals surface area contributed by atoms with Gasteiger partial charge in [0.05, 0.1) is 11.0 Å². The molecule has 7 nitrogen and oxygen atoms in total. The van der Waals surface area contributed by atoms with Gasteiger partial charge >= 0.3 is 0 Å². The number of carbonyl (C=O) groups is 2. The lowest BCUT2D eigenvalue weighted by molar-refractivity contribution is -0.123. The highest BCUT2D eigenvalue weighted by Gasteiger charge is 2.23. The van der Waals surface area contributed by atoms with E-state index in [1.165, 1.54) is 4.88 Å². The number of benzene rings is 1. The predicted molar refractivity (Wildman–Crippen MR) is 163 cm³/mol. The third-order valence-corrected chi connectivity index (χ3v) is 8.55. The van der Waals surface area contributed by atoms with Gasteiger partial charge in [0, 0.05) is 28.9 Å². The minimum absolute atomic E-state index is 0.0613. The smallest absolute Gasteiger partial charge is 0.252 e. The van der Waals surface area contributed by atoms with Gasteiger partial charge in [-0.2, -0.15) is 0 Å². The topological polar surface area (TPSA) is 79.3 Å². The van der Waals surface area contributed by atoms with Crippen LogP contribution in [0.5, 0.6) is 0 Å². The van der Waals surface area contributed by atoms with E-state index in [4.69, 9.17) is 4.98 Å². The zero-order chi connectivity index (χ0) is 28.4. The van der Waals surface area contributed by atoms with Gasteiger partial charge in [0.15, 0.2) is 0 Å². The van der Waals surface area contributed by atoms with Crippen molar-refractivity contribution in [2.75, 3.05) is 19.6 Å². The van der Waals surface area contributed by atoms with Crippen LogP contribution in [-0.2, 0) is 11.2 Å². The molecule has 0 aliphatic rings. The monoisotopic (exact) mass is 553 g/mol. The van der Waals surface area contributed by atoms with Crippen molar-refractivity contribution in [1.82, 2.24) is 25.1 Å². The van der Waals surface area contributed by atoms with Crippen LogP contribution >= 0.6 is 11.3 Å². The Morgan fingerprint density at radius 3 is 2.38 bits per heavy atom. The highest BCUT2D eigenvalue weighted by atomic mass is 32.1. The molecule has 2 heterocycles. The largest absolute Gasteiger partial charge is 0.352 e. The first-order valence-electron chi connectivity index (χ1n) is 14.7. The highest BCUT2D eigenvalue weighted by Crippen LogP contribution is 2.28. The molecule has 1 aromatic carbocycles. The molecule has 0 radical (unpaired) electrons. The summed E-state index contributed by atoms with van der Waals surface area (Å²) >= 11 is 1.74. The molecule has 0 saturated carbocycles. The van der Waals surface area contributed by atoms with Gasteiger partial charge in [0.1, 0.15) is 11.9 Å². The van der Waals surface area contributed by atoms with Crippen LogP contribution in [0.3, 0.4) is 0 Å². The Labute approximate surface area is 238 Å². The van der Waals surface area contributed by atoms with Crippen LogP contribution in [0.15, 0.2) is 35.7 Å². The van der Waals surface area contributed by atoms with Gasteiger partial charge in [-0.3, -0.25) is 9.59 Å². The molecule has 3 aromatic rings. The molecule has 214 valence electrons. The summed E-state index contributed by atoms with van der Waals surface area (Å²) in [6.07, 6.45) is 5.28. The lowest BCUT2D eigenvalue weighted by Crippen LogP contribution is -2.48. The molecule has 8 heteroatoms. The predicted octanol–water partition coefficient (Wildman–Crippen LogP) is 6.18. The lowest BCUT2D eigenvalue weighted by atomic mass is 10.1. The number of aromatic nitrogens is 2. The fourth-order valence-corrected chi connectivity index (χ4v) is 5.92. The second-order valence-electron chi connectivity index (χ2n) is 10.3. The van der Waals surface area contributed by atoms with Gasteiger partial charge in [0.25, 0.3) is 5.91 Å². The lowest BCUT2D eigenvalue weighted by Gasteiger charge is -2.22. The Morgan fingerprint density at radius 1 is 1.03 bits per heavy atom. The zero-order valence-electron chi connectivity index (χ0n) is 24.6. The summed E-state index contributed by atoms with van der Waals surface area (Å²) in [6.45, 7) is 15.8. The summed E-state index contributed by atoms with van der Waals surface area (Å²) in [6, 6.07) is 9.78. The van der Waals surface area contributed by atoms with Gasteiger partial charge < -0.3 is 20.1 Å². The molecular weight excluding hydrogens is 506 g/mol. The minimum atomic E-state index is -0.574. The van der Waals surface area contributed by atoms with E-state index >= 15 is 0 Å². The summed E-state index contributed by atoms with van der Waals surface area (Å²) in [5.41, 5.74) is 2.40. The maximum atomic E-state index is 13.2. The molecule has 0 saturated heterocycles. The molecular formula is C31H47N5O2S. The Balaban J connectivity index is 1.70. The summed E-state index contributed by atoms with van der Waals surface area (Å²) in [5, 5.41) is 8.15. The SMILES string of the molecule is CCC(CC)n1c(Cc2cccs2)nc2cc(C(=O)N[C@@H](CC)C(=O)NC(C)CCCN(CC)CC)ccc21. The number of hydrogen-bond donors (Lipinski definition) is 2. The van der Waals surface area contributed by atoms with Crippen LogP contribution < -0.4 is 10.6 Å². The maximum Gasteiger partial charge on any atom is 0.252 e. The van der Waals surface area contributed by atoms with E-state index in [2.05, 4.69) is 65.3 Å². The van der Waals surface area contributed by atoms with Crippen molar-refractivity contribution < 1.29 is 9.59 Å². The molecule has 0 fully saturated rings. The van der Waals surface area contributed by atoms with Crippen molar-refractivity contribution in [3.05, 3.63) is 52.0 Å². The molecule has 3 rings (SSSR count). The quantitative estimate of drug-likeness (QED) is 0.222. The second-order valence-corrected chi connectivity index (χ2v) is 11.4. The van der Waals surface area contributed by atoms with Crippen molar-refractivity contribution in [2.45, 2.75) is 98.2 Å². The maximum absolute atomic E-state index is 13.2. The highest BCUT2D eigenvalue weighted by molar-refractivity contribution is 7.09. The second kappa shape index (κ2) is 15.2. The zero-order valence-corrected chi connectivity index (χ0v) is 25.4. The Bertz CT molecular complexity index is 1180. The van der Waals surface area contributed by atoms with Crippen LogP contribution in [0, 0.1) is 0 Å². The minimum Gasteiger partial charge on any atom is -0.352 e. The normalized spacial score (nSPS) is 13.2. The average Bonchev–Trinajstić information content (AvgIpc) is 3.58. The third kappa shape index (κ3) is 8.15. The number of nitrogens with one attached hydrogen (secondary N) is 2. The molecule has 0 spiro atoms. The van der Waals surface area contributed by atoms with E-state index in [1.54, 1.807) is 11.3 Å². The van der Waals surface area contributed by atoms with E-state index in [9.17, 15) is 9.59 Å². The van der Waals surface area contributed by atoms with Crippen LogP contribution in [-0.4, -0.2) is 58.0 Å². The van der Waals surface area contributed by atoms with Gasteiger partial charge in [-0.15, -0.1) is 11.3 Å². The van der Waals surface area contributed by atoms with Gasteiger partial charge in [-0.1, -0.05) is 40.7 Å². The molecule has 2 amide bonds. The number of carbonyl (C=O) groups excluding carboxylic acids is 2. The summed E-state index contributed by atoms with van der Waals surface area (Å²) in [4.78, 5) is 34.8. The molecule has 0 bridgehead atoms. The van der Waals surface area contributed by atoms with Crippen molar-refractivity contribution in [2.24, 2.45) is 0 Å². The number of hydrogen-bond acceptors (Lipinski definition) is 5. The molecule has 2 atom stereocenters. The van der Waals surface area contributed by atoms with E-state index in [0.29, 0.717) is 18.0 Å². The number of rotatable bonds is 16. The van der Waals surface area contributed by atoms with E-state index in [-0.39, 0.29) is 17.9 Å². The average molecular weight is 554 g/mol.